The highest BCUT2D eigenvalue weighted by atomic mass is 19.1. The van der Waals surface area contributed by atoms with Gasteiger partial charge in [0.15, 0.2) is 0 Å². The van der Waals surface area contributed by atoms with Crippen LogP contribution in [0, 0.1) is 5.82 Å². The highest BCUT2D eigenvalue weighted by Gasteiger charge is 2.09. The standard InChI is InChI=1S/C15H13FN2O3/c1-2-21-15(20)10-3-6-12(7-4-10)18-14(19)13-8-5-11(16)9-17-13/h3-9H,2H2,1H3,(H,18,19). The molecular weight excluding hydrogens is 275 g/mol. The van der Waals surface area contributed by atoms with Crippen molar-refractivity contribution in [3.63, 3.8) is 0 Å². The maximum atomic E-state index is 12.7. The minimum absolute atomic E-state index is 0.103. The molecule has 1 heterocycles. The zero-order valence-electron chi connectivity index (χ0n) is 11.3. The van der Waals surface area contributed by atoms with Gasteiger partial charge in [0.1, 0.15) is 11.5 Å². The lowest BCUT2D eigenvalue weighted by molar-refractivity contribution is 0.0526. The molecule has 2 aromatic rings. The Labute approximate surface area is 120 Å². The van der Waals surface area contributed by atoms with Crippen molar-refractivity contribution in [1.29, 1.82) is 0 Å². The Balaban J connectivity index is 2.04. The minimum Gasteiger partial charge on any atom is -0.462 e. The summed E-state index contributed by atoms with van der Waals surface area (Å²) in [7, 11) is 0. The van der Waals surface area contributed by atoms with Crippen molar-refractivity contribution in [2.75, 3.05) is 11.9 Å². The van der Waals surface area contributed by atoms with E-state index in [9.17, 15) is 14.0 Å². The molecule has 0 aliphatic heterocycles. The van der Waals surface area contributed by atoms with Crippen molar-refractivity contribution >= 4 is 17.6 Å². The monoisotopic (exact) mass is 288 g/mol. The van der Waals surface area contributed by atoms with E-state index in [0.717, 1.165) is 12.3 Å². The predicted octanol–water partition coefficient (Wildman–Crippen LogP) is 2.65. The number of rotatable bonds is 4. The van der Waals surface area contributed by atoms with Gasteiger partial charge in [0.2, 0.25) is 0 Å². The van der Waals surface area contributed by atoms with Crippen molar-refractivity contribution in [3.8, 4) is 0 Å². The van der Waals surface area contributed by atoms with E-state index in [4.69, 9.17) is 4.74 Å². The summed E-state index contributed by atoms with van der Waals surface area (Å²) >= 11 is 0. The van der Waals surface area contributed by atoms with Crippen molar-refractivity contribution < 1.29 is 18.7 Å². The van der Waals surface area contributed by atoms with E-state index in [1.807, 2.05) is 0 Å². The fourth-order valence-electron chi connectivity index (χ4n) is 1.61. The number of esters is 1. The van der Waals surface area contributed by atoms with Gasteiger partial charge in [0.25, 0.3) is 5.91 Å². The first-order chi connectivity index (χ1) is 10.1. The number of halogens is 1. The molecule has 0 saturated heterocycles. The molecule has 5 nitrogen and oxygen atoms in total. The van der Waals surface area contributed by atoms with Gasteiger partial charge in [0, 0.05) is 5.69 Å². The smallest absolute Gasteiger partial charge is 0.338 e. The Bertz CT molecular complexity index is 639. The number of carbonyl (C=O) groups is 2. The summed E-state index contributed by atoms with van der Waals surface area (Å²) in [6.45, 7) is 2.02. The van der Waals surface area contributed by atoms with Gasteiger partial charge in [-0.05, 0) is 43.3 Å². The molecule has 1 aromatic carbocycles. The van der Waals surface area contributed by atoms with E-state index in [2.05, 4.69) is 10.3 Å². The van der Waals surface area contributed by atoms with Crippen LogP contribution in [0.3, 0.4) is 0 Å². The number of nitrogens with one attached hydrogen (secondary N) is 1. The molecule has 2 rings (SSSR count). The van der Waals surface area contributed by atoms with Crippen LogP contribution in [-0.4, -0.2) is 23.5 Å². The fourth-order valence-corrected chi connectivity index (χ4v) is 1.61. The van der Waals surface area contributed by atoms with Crippen LogP contribution in [0.15, 0.2) is 42.6 Å². The molecule has 0 saturated carbocycles. The van der Waals surface area contributed by atoms with E-state index >= 15 is 0 Å². The van der Waals surface area contributed by atoms with Crippen LogP contribution in [0.5, 0.6) is 0 Å². The van der Waals surface area contributed by atoms with Crippen molar-refractivity contribution in [2.45, 2.75) is 6.92 Å². The van der Waals surface area contributed by atoms with E-state index < -0.39 is 17.7 Å². The maximum Gasteiger partial charge on any atom is 0.338 e. The molecule has 0 bridgehead atoms. The summed E-state index contributed by atoms with van der Waals surface area (Å²) in [5, 5.41) is 2.60. The van der Waals surface area contributed by atoms with E-state index in [-0.39, 0.29) is 5.69 Å². The van der Waals surface area contributed by atoms with Crippen molar-refractivity contribution in [3.05, 3.63) is 59.7 Å². The number of hydrogen-bond donors (Lipinski definition) is 1. The van der Waals surface area contributed by atoms with Crippen molar-refractivity contribution in [1.82, 2.24) is 4.98 Å². The molecule has 1 N–H and O–H groups in total. The summed E-state index contributed by atoms with van der Waals surface area (Å²) in [5.41, 5.74) is 1.000. The third kappa shape index (κ3) is 3.85. The largest absolute Gasteiger partial charge is 0.462 e. The molecule has 0 aliphatic rings. The second-order valence-corrected chi connectivity index (χ2v) is 4.11. The topological polar surface area (TPSA) is 68.3 Å². The quantitative estimate of drug-likeness (QED) is 0.878. The average molecular weight is 288 g/mol. The zero-order chi connectivity index (χ0) is 15.2. The van der Waals surface area contributed by atoms with Crippen LogP contribution in [0.2, 0.25) is 0 Å². The predicted molar refractivity (Wildman–Crippen MR) is 74.5 cm³/mol. The number of aromatic nitrogens is 1. The highest BCUT2D eigenvalue weighted by molar-refractivity contribution is 6.03. The number of anilines is 1. The van der Waals surface area contributed by atoms with Crippen LogP contribution in [-0.2, 0) is 4.74 Å². The molecule has 1 amide bonds. The molecule has 108 valence electrons. The second kappa shape index (κ2) is 6.60. The summed E-state index contributed by atoms with van der Waals surface area (Å²) in [6, 6.07) is 8.70. The Morgan fingerprint density at radius 1 is 1.19 bits per heavy atom. The number of nitrogens with zero attached hydrogens (tertiary/aromatic N) is 1. The number of benzene rings is 1. The number of ether oxygens (including phenoxy) is 1. The first kappa shape index (κ1) is 14.6. The summed E-state index contributed by atoms with van der Waals surface area (Å²) in [6.07, 6.45) is 0.971. The molecule has 1 aromatic heterocycles. The first-order valence-electron chi connectivity index (χ1n) is 6.30. The Kier molecular flexibility index (Phi) is 4.61. The number of pyridine rings is 1. The van der Waals surface area contributed by atoms with Crippen LogP contribution >= 0.6 is 0 Å². The number of amides is 1. The average Bonchev–Trinajstić information content (AvgIpc) is 2.49. The Morgan fingerprint density at radius 2 is 1.90 bits per heavy atom. The molecule has 21 heavy (non-hydrogen) atoms. The number of carbonyl (C=O) groups excluding carboxylic acids is 2. The van der Waals surface area contributed by atoms with Gasteiger partial charge < -0.3 is 10.1 Å². The normalized spacial score (nSPS) is 10.0. The summed E-state index contributed by atoms with van der Waals surface area (Å²) in [4.78, 5) is 27.0. The van der Waals surface area contributed by atoms with Gasteiger partial charge in [-0.15, -0.1) is 0 Å². The maximum absolute atomic E-state index is 12.7. The molecule has 6 heteroatoms. The molecular formula is C15H13FN2O3. The SMILES string of the molecule is CCOC(=O)c1ccc(NC(=O)c2ccc(F)cn2)cc1. The van der Waals surface area contributed by atoms with E-state index in [0.29, 0.717) is 17.9 Å². The van der Waals surface area contributed by atoms with Crippen LogP contribution in [0.25, 0.3) is 0 Å². The Hall–Kier alpha value is -2.76. The minimum atomic E-state index is -0.509. The molecule has 0 aliphatic carbocycles. The third-order valence-corrected chi connectivity index (χ3v) is 2.61. The molecule has 0 spiro atoms. The second-order valence-electron chi connectivity index (χ2n) is 4.11. The van der Waals surface area contributed by atoms with E-state index in [1.165, 1.54) is 6.07 Å². The van der Waals surface area contributed by atoms with Crippen LogP contribution < -0.4 is 5.32 Å². The first-order valence-corrected chi connectivity index (χ1v) is 6.30. The Morgan fingerprint density at radius 3 is 2.48 bits per heavy atom. The lowest BCUT2D eigenvalue weighted by atomic mass is 10.2. The van der Waals surface area contributed by atoms with Gasteiger partial charge >= 0.3 is 5.97 Å². The van der Waals surface area contributed by atoms with Crippen LogP contribution in [0.1, 0.15) is 27.8 Å². The summed E-state index contributed by atoms with van der Waals surface area (Å²) < 4.78 is 17.6. The van der Waals surface area contributed by atoms with Gasteiger partial charge in [-0.1, -0.05) is 0 Å². The van der Waals surface area contributed by atoms with Gasteiger partial charge in [0.05, 0.1) is 18.4 Å². The highest BCUT2D eigenvalue weighted by Crippen LogP contribution is 2.12. The fraction of sp³-hybridized carbons (Fsp3) is 0.133. The molecule has 0 atom stereocenters. The zero-order valence-corrected chi connectivity index (χ0v) is 11.3. The van der Waals surface area contributed by atoms with Crippen LogP contribution in [0.4, 0.5) is 10.1 Å². The van der Waals surface area contributed by atoms with Gasteiger partial charge in [-0.2, -0.15) is 0 Å². The molecule has 0 fully saturated rings. The molecule has 0 radical (unpaired) electrons. The number of hydrogen-bond acceptors (Lipinski definition) is 4. The third-order valence-electron chi connectivity index (χ3n) is 2.61. The molecule has 0 unspecified atom stereocenters. The lowest BCUT2D eigenvalue weighted by Crippen LogP contribution is -2.13. The van der Waals surface area contributed by atoms with Crippen molar-refractivity contribution in [2.24, 2.45) is 0 Å². The van der Waals surface area contributed by atoms with Gasteiger partial charge in [-0.3, -0.25) is 4.79 Å². The van der Waals surface area contributed by atoms with E-state index in [1.54, 1.807) is 31.2 Å². The van der Waals surface area contributed by atoms with Gasteiger partial charge in [-0.25, -0.2) is 14.2 Å². The lowest BCUT2D eigenvalue weighted by Gasteiger charge is -2.06. The summed E-state index contributed by atoms with van der Waals surface area (Å²) in [5.74, 6) is -1.39.